The second-order valence-electron chi connectivity index (χ2n) is 6.98. The zero-order chi connectivity index (χ0) is 18.0. The quantitative estimate of drug-likeness (QED) is 0.680. The van der Waals surface area contributed by atoms with Crippen LogP contribution < -0.4 is 0 Å². The van der Waals surface area contributed by atoms with Crippen molar-refractivity contribution in [1.29, 1.82) is 0 Å². The van der Waals surface area contributed by atoms with Crippen molar-refractivity contribution in [3.8, 4) is 0 Å². The van der Waals surface area contributed by atoms with Gasteiger partial charge in [0, 0.05) is 31.9 Å². The number of nitrogens with zero attached hydrogens (tertiary/aromatic N) is 2. The molecule has 0 N–H and O–H groups in total. The Labute approximate surface area is 151 Å². The van der Waals surface area contributed by atoms with Crippen molar-refractivity contribution in [3.05, 3.63) is 88.1 Å². The summed E-state index contributed by atoms with van der Waals surface area (Å²) < 4.78 is 0. The number of rotatable bonds is 4. The molecule has 1 unspecified atom stereocenters. The molecule has 0 spiro atoms. The molecule has 2 heteroatoms. The highest BCUT2D eigenvalue weighted by atomic mass is 15.1. The summed E-state index contributed by atoms with van der Waals surface area (Å²) in [5, 5.41) is 0. The molecule has 25 heavy (non-hydrogen) atoms. The lowest BCUT2D eigenvalue weighted by molar-refractivity contribution is 0.487. The van der Waals surface area contributed by atoms with E-state index >= 15 is 0 Å². The van der Waals surface area contributed by atoms with Gasteiger partial charge in [-0.2, -0.15) is 0 Å². The fourth-order valence-corrected chi connectivity index (χ4v) is 3.58. The normalized spacial score (nSPS) is 16.5. The van der Waals surface area contributed by atoms with Gasteiger partial charge in [-0.3, -0.25) is 4.99 Å². The van der Waals surface area contributed by atoms with E-state index in [2.05, 4.69) is 94.4 Å². The third kappa shape index (κ3) is 3.58. The van der Waals surface area contributed by atoms with E-state index in [0.29, 0.717) is 0 Å². The Morgan fingerprint density at radius 3 is 2.36 bits per heavy atom. The van der Waals surface area contributed by atoms with Crippen LogP contribution in [0.4, 0.5) is 5.69 Å². The van der Waals surface area contributed by atoms with Gasteiger partial charge in [-0.1, -0.05) is 54.1 Å². The number of likely N-dealkylation sites (N-methyl/N-ethyl adjacent to an activating group) is 1. The lowest BCUT2D eigenvalue weighted by Crippen LogP contribution is -2.16. The fraction of sp³-hybridized carbons (Fsp3) is 0.261. The van der Waals surface area contributed by atoms with Gasteiger partial charge in [0.1, 0.15) is 0 Å². The van der Waals surface area contributed by atoms with Crippen molar-refractivity contribution in [2.75, 3.05) is 14.1 Å². The van der Waals surface area contributed by atoms with Gasteiger partial charge in [0.2, 0.25) is 0 Å². The molecule has 1 aliphatic rings. The van der Waals surface area contributed by atoms with Crippen LogP contribution in [0.2, 0.25) is 0 Å². The topological polar surface area (TPSA) is 15.6 Å². The van der Waals surface area contributed by atoms with E-state index < -0.39 is 0 Å². The molecule has 128 valence electrons. The van der Waals surface area contributed by atoms with E-state index in [9.17, 15) is 0 Å². The first-order valence-corrected chi connectivity index (χ1v) is 8.74. The summed E-state index contributed by atoms with van der Waals surface area (Å²) in [6.45, 7) is 6.39. The minimum Gasteiger partial charge on any atom is -0.380 e. The highest BCUT2D eigenvalue weighted by molar-refractivity contribution is 5.85. The molecule has 2 aromatic rings. The molecule has 0 fully saturated rings. The van der Waals surface area contributed by atoms with Crippen molar-refractivity contribution < 1.29 is 0 Å². The van der Waals surface area contributed by atoms with Crippen LogP contribution in [0.3, 0.4) is 0 Å². The molecule has 0 aliphatic heterocycles. The molecule has 0 saturated carbocycles. The number of allylic oxidation sites excluding steroid dienone is 3. The van der Waals surface area contributed by atoms with E-state index in [1.165, 1.54) is 33.5 Å². The molecule has 0 bridgehead atoms. The summed E-state index contributed by atoms with van der Waals surface area (Å²) in [6, 6.07) is 12.9. The molecule has 0 saturated heterocycles. The maximum Gasteiger partial charge on any atom is 0.0688 e. The smallest absolute Gasteiger partial charge is 0.0688 e. The Morgan fingerprint density at radius 2 is 1.68 bits per heavy atom. The molecule has 1 atom stereocenters. The Kier molecular flexibility index (Phi) is 4.89. The number of aryl methyl sites for hydroxylation is 3. The minimum atomic E-state index is 0.290. The Morgan fingerprint density at radius 1 is 1.00 bits per heavy atom. The molecule has 0 radical (unpaired) electrons. The second kappa shape index (κ2) is 7.10. The molecule has 3 rings (SSSR count). The zero-order valence-electron chi connectivity index (χ0n) is 15.7. The highest BCUT2D eigenvalue weighted by Crippen LogP contribution is 2.33. The zero-order valence-corrected chi connectivity index (χ0v) is 15.7. The summed E-state index contributed by atoms with van der Waals surface area (Å²) in [5.74, 6) is 0.290. The first-order valence-electron chi connectivity index (χ1n) is 8.74. The summed E-state index contributed by atoms with van der Waals surface area (Å²) in [7, 11) is 4.20. The predicted octanol–water partition coefficient (Wildman–Crippen LogP) is 5.46. The first-order chi connectivity index (χ1) is 12.0. The molecule has 0 aromatic heterocycles. The van der Waals surface area contributed by atoms with Gasteiger partial charge in [0.05, 0.1) is 5.69 Å². The molecular formula is C23H26N2. The van der Waals surface area contributed by atoms with Gasteiger partial charge in [0.25, 0.3) is 0 Å². The maximum atomic E-state index is 4.84. The van der Waals surface area contributed by atoms with E-state index in [0.717, 1.165) is 5.69 Å². The third-order valence-electron chi connectivity index (χ3n) is 4.70. The van der Waals surface area contributed by atoms with Crippen molar-refractivity contribution in [3.63, 3.8) is 0 Å². The summed E-state index contributed by atoms with van der Waals surface area (Å²) in [5.41, 5.74) is 8.58. The van der Waals surface area contributed by atoms with Crippen LogP contribution in [-0.4, -0.2) is 25.2 Å². The fourth-order valence-electron chi connectivity index (χ4n) is 3.58. The van der Waals surface area contributed by atoms with Crippen molar-refractivity contribution >= 4 is 11.9 Å². The van der Waals surface area contributed by atoms with E-state index in [-0.39, 0.29) is 5.92 Å². The van der Waals surface area contributed by atoms with E-state index in [1.807, 2.05) is 6.21 Å². The molecular weight excluding hydrogens is 304 g/mol. The lowest BCUT2D eigenvalue weighted by atomic mass is 9.93. The Hall–Kier alpha value is -2.61. The number of hydrogen-bond donors (Lipinski definition) is 0. The monoisotopic (exact) mass is 330 g/mol. The Balaban J connectivity index is 1.98. The summed E-state index contributed by atoms with van der Waals surface area (Å²) in [4.78, 5) is 7.02. The van der Waals surface area contributed by atoms with Crippen LogP contribution in [0.1, 0.15) is 33.7 Å². The van der Waals surface area contributed by atoms with Crippen molar-refractivity contribution in [2.24, 2.45) is 4.99 Å². The van der Waals surface area contributed by atoms with Crippen LogP contribution in [0.25, 0.3) is 0 Å². The minimum absolute atomic E-state index is 0.290. The van der Waals surface area contributed by atoms with Gasteiger partial charge in [-0.15, -0.1) is 0 Å². The number of benzene rings is 2. The molecule has 0 amide bonds. The van der Waals surface area contributed by atoms with Gasteiger partial charge in [-0.05, 0) is 49.1 Å². The van der Waals surface area contributed by atoms with Crippen LogP contribution in [0.15, 0.2) is 65.3 Å². The number of aliphatic imine (C=N–C) groups is 1. The van der Waals surface area contributed by atoms with Gasteiger partial charge >= 0.3 is 0 Å². The largest absolute Gasteiger partial charge is 0.380 e. The third-order valence-corrected chi connectivity index (χ3v) is 4.70. The van der Waals surface area contributed by atoms with Gasteiger partial charge in [0.15, 0.2) is 0 Å². The van der Waals surface area contributed by atoms with Crippen LogP contribution in [0.5, 0.6) is 0 Å². The van der Waals surface area contributed by atoms with Gasteiger partial charge in [-0.25, -0.2) is 0 Å². The average molecular weight is 330 g/mol. The molecule has 0 heterocycles. The lowest BCUT2D eigenvalue weighted by Gasteiger charge is -2.23. The second-order valence-corrected chi connectivity index (χ2v) is 6.98. The summed E-state index contributed by atoms with van der Waals surface area (Å²) >= 11 is 0. The molecule has 2 nitrogen and oxygen atoms in total. The van der Waals surface area contributed by atoms with Crippen LogP contribution >= 0.6 is 0 Å². The molecule has 2 aromatic carbocycles. The summed E-state index contributed by atoms with van der Waals surface area (Å²) in [6.07, 6.45) is 8.60. The van der Waals surface area contributed by atoms with E-state index in [4.69, 9.17) is 4.99 Å². The highest BCUT2D eigenvalue weighted by Gasteiger charge is 2.20. The first kappa shape index (κ1) is 17.2. The molecule has 1 aliphatic carbocycles. The average Bonchev–Trinajstić information content (AvgIpc) is 3.04. The van der Waals surface area contributed by atoms with Crippen molar-refractivity contribution in [1.82, 2.24) is 4.90 Å². The maximum absolute atomic E-state index is 4.84. The van der Waals surface area contributed by atoms with Crippen LogP contribution in [-0.2, 0) is 0 Å². The standard InChI is InChI=1S/C23H26N2/c1-16-13-17(2)23(18(3)14-16)24-15-19-9-6-7-10-20(19)21-11-8-12-22(21)25(4)5/h6-15,21H,1-5H3. The SMILES string of the molecule is Cc1cc(C)c(N=Cc2ccccc2C2C=CC=C2N(C)C)c(C)c1. The predicted molar refractivity (Wildman–Crippen MR) is 108 cm³/mol. The van der Waals surface area contributed by atoms with E-state index in [1.54, 1.807) is 0 Å². The van der Waals surface area contributed by atoms with Crippen molar-refractivity contribution in [2.45, 2.75) is 26.7 Å². The van der Waals surface area contributed by atoms with Gasteiger partial charge < -0.3 is 4.90 Å². The van der Waals surface area contributed by atoms with Crippen LogP contribution in [0, 0.1) is 20.8 Å². The Bertz CT molecular complexity index is 846. The number of hydrogen-bond acceptors (Lipinski definition) is 2.